The van der Waals surface area contributed by atoms with Crippen LogP contribution in [0.1, 0.15) is 0 Å². The van der Waals surface area contributed by atoms with E-state index in [1.54, 1.807) is 36.4 Å². The second kappa shape index (κ2) is 9.46. The van der Waals surface area contributed by atoms with Gasteiger partial charge in [0.2, 0.25) is 9.84 Å². The number of amides is 1. The number of aliphatic carboxylic acids is 1. The molecule has 0 atom stereocenters. The highest BCUT2D eigenvalue weighted by Crippen LogP contribution is 2.41. The van der Waals surface area contributed by atoms with Gasteiger partial charge in [-0.1, -0.05) is 59.6 Å². The molecule has 178 valence electrons. The molecule has 0 aliphatic heterocycles. The molecule has 0 heterocycles. The molecular formula is C24H15Cl2NO7S. The molecule has 0 saturated heterocycles. The van der Waals surface area contributed by atoms with Gasteiger partial charge >= 0.3 is 11.9 Å². The number of phenolic OH excluding ortho intramolecular Hbond substituents is 1. The van der Waals surface area contributed by atoms with E-state index in [1.165, 1.54) is 24.3 Å². The molecule has 0 aliphatic rings. The molecule has 0 aromatic heterocycles. The molecule has 0 fully saturated rings. The minimum absolute atomic E-state index is 0.00716. The van der Waals surface area contributed by atoms with Crippen molar-refractivity contribution in [1.82, 2.24) is 0 Å². The van der Waals surface area contributed by atoms with Gasteiger partial charge in [-0.2, -0.15) is 0 Å². The third kappa shape index (κ3) is 4.88. The largest absolute Gasteiger partial charge is 0.507 e. The van der Waals surface area contributed by atoms with Gasteiger partial charge in [0.25, 0.3) is 0 Å². The number of carbonyl (C=O) groups excluding carboxylic acids is 1. The third-order valence-electron chi connectivity index (χ3n) is 4.93. The highest BCUT2D eigenvalue weighted by atomic mass is 35.5. The van der Waals surface area contributed by atoms with Crippen LogP contribution in [0.5, 0.6) is 17.2 Å². The molecule has 4 rings (SSSR count). The number of aromatic hydroxyl groups is 1. The van der Waals surface area contributed by atoms with Crippen LogP contribution < -0.4 is 10.1 Å². The standard InChI is InChI=1S/C24H15Cl2NO7S/c25-17-10-14(27-23(29)24(30)31)11-18(26)22(17)34-15-8-9-19(28)21(12-15)35(32,33)20-7-3-5-13-4-1-2-6-16(13)20/h1-12,28H,(H,27,29)(H,30,31). The van der Waals surface area contributed by atoms with Gasteiger partial charge in [-0.15, -0.1) is 0 Å². The maximum Gasteiger partial charge on any atom is 0.394 e. The zero-order valence-electron chi connectivity index (χ0n) is 17.5. The van der Waals surface area contributed by atoms with Crippen LogP contribution in [-0.2, 0) is 19.4 Å². The summed E-state index contributed by atoms with van der Waals surface area (Å²) in [4.78, 5) is 21.7. The normalized spacial score (nSPS) is 11.3. The van der Waals surface area contributed by atoms with Gasteiger partial charge in [-0.3, -0.25) is 4.79 Å². The van der Waals surface area contributed by atoms with Crippen molar-refractivity contribution in [2.24, 2.45) is 0 Å². The van der Waals surface area contributed by atoms with Crippen LogP contribution >= 0.6 is 23.2 Å². The lowest BCUT2D eigenvalue weighted by Gasteiger charge is -2.14. The number of carboxylic acids is 1. The molecule has 4 aromatic rings. The predicted octanol–water partition coefficient (Wildman–Crippen LogP) is 5.50. The SMILES string of the molecule is O=C(O)C(=O)Nc1cc(Cl)c(Oc2ccc(O)c(S(=O)(=O)c3cccc4ccccc34)c2)c(Cl)c1. The van der Waals surface area contributed by atoms with Crippen LogP contribution in [-0.4, -0.2) is 30.5 Å². The fourth-order valence-electron chi connectivity index (χ4n) is 3.35. The highest BCUT2D eigenvalue weighted by Gasteiger charge is 2.25. The smallest absolute Gasteiger partial charge is 0.394 e. The van der Waals surface area contributed by atoms with Crippen LogP contribution in [0, 0.1) is 0 Å². The van der Waals surface area contributed by atoms with E-state index in [4.69, 9.17) is 33.0 Å². The maximum absolute atomic E-state index is 13.5. The molecule has 4 aromatic carbocycles. The summed E-state index contributed by atoms with van der Waals surface area (Å²) in [6.45, 7) is 0. The van der Waals surface area contributed by atoms with E-state index in [2.05, 4.69) is 5.32 Å². The number of anilines is 1. The molecule has 0 saturated carbocycles. The number of fused-ring (bicyclic) bond motifs is 1. The first-order valence-electron chi connectivity index (χ1n) is 9.85. The van der Waals surface area contributed by atoms with Crippen molar-refractivity contribution in [2.45, 2.75) is 9.79 Å². The summed E-state index contributed by atoms with van der Waals surface area (Å²) in [5, 5.41) is 22.2. The number of nitrogens with one attached hydrogen (secondary N) is 1. The molecule has 3 N–H and O–H groups in total. The molecule has 0 radical (unpaired) electrons. The van der Waals surface area contributed by atoms with Gasteiger partial charge in [0, 0.05) is 17.1 Å². The number of hydrogen-bond acceptors (Lipinski definition) is 6. The average Bonchev–Trinajstić information content (AvgIpc) is 2.81. The summed E-state index contributed by atoms with van der Waals surface area (Å²) in [6.07, 6.45) is 0. The van der Waals surface area contributed by atoms with Crippen LogP contribution in [0.15, 0.2) is 82.6 Å². The fraction of sp³-hybridized carbons (Fsp3) is 0. The summed E-state index contributed by atoms with van der Waals surface area (Å²) in [7, 11) is -4.16. The number of carboxylic acid groups (broad SMARTS) is 1. The molecule has 11 heteroatoms. The molecule has 1 amide bonds. The Kier molecular flexibility index (Phi) is 6.58. The van der Waals surface area contributed by atoms with Crippen LogP contribution in [0.3, 0.4) is 0 Å². The lowest BCUT2D eigenvalue weighted by Crippen LogP contribution is -2.21. The lowest BCUT2D eigenvalue weighted by atomic mass is 10.1. The Labute approximate surface area is 209 Å². The Morgan fingerprint density at radius 2 is 1.51 bits per heavy atom. The number of hydrogen-bond donors (Lipinski definition) is 3. The van der Waals surface area contributed by atoms with Gasteiger partial charge in [-0.05, 0) is 35.7 Å². The molecule has 0 bridgehead atoms. The van der Waals surface area contributed by atoms with E-state index in [-0.39, 0.29) is 37.0 Å². The Hall–Kier alpha value is -3.79. The summed E-state index contributed by atoms with van der Waals surface area (Å²) in [5.41, 5.74) is 0.0182. The van der Waals surface area contributed by atoms with E-state index >= 15 is 0 Å². The first kappa shape index (κ1) is 24.3. The van der Waals surface area contributed by atoms with Crippen molar-refractivity contribution >= 4 is 61.4 Å². The monoisotopic (exact) mass is 531 g/mol. The number of rotatable bonds is 5. The number of sulfone groups is 1. The average molecular weight is 532 g/mol. The Morgan fingerprint density at radius 3 is 2.20 bits per heavy atom. The fourth-order valence-corrected chi connectivity index (χ4v) is 5.50. The number of benzene rings is 4. The quantitative estimate of drug-likeness (QED) is 0.290. The van der Waals surface area contributed by atoms with Gasteiger partial charge in [0.1, 0.15) is 16.4 Å². The van der Waals surface area contributed by atoms with Crippen LogP contribution in [0.4, 0.5) is 5.69 Å². The second-order valence-electron chi connectivity index (χ2n) is 7.24. The molecule has 0 unspecified atom stereocenters. The number of halogens is 2. The van der Waals surface area contributed by atoms with E-state index in [9.17, 15) is 23.1 Å². The highest BCUT2D eigenvalue weighted by molar-refractivity contribution is 7.91. The number of ether oxygens (including phenoxy) is 1. The van der Waals surface area contributed by atoms with Gasteiger partial charge < -0.3 is 20.3 Å². The van der Waals surface area contributed by atoms with E-state index < -0.39 is 27.5 Å². The van der Waals surface area contributed by atoms with Gasteiger partial charge in [-0.25, -0.2) is 13.2 Å². The van der Waals surface area contributed by atoms with Crippen molar-refractivity contribution in [3.05, 3.63) is 82.8 Å². The summed E-state index contributed by atoms with van der Waals surface area (Å²) >= 11 is 12.4. The van der Waals surface area contributed by atoms with Crippen molar-refractivity contribution in [3.63, 3.8) is 0 Å². The van der Waals surface area contributed by atoms with Crippen molar-refractivity contribution in [1.29, 1.82) is 0 Å². The minimum Gasteiger partial charge on any atom is -0.507 e. The zero-order valence-corrected chi connectivity index (χ0v) is 19.9. The summed E-state index contributed by atoms with van der Waals surface area (Å²) < 4.78 is 32.6. The van der Waals surface area contributed by atoms with Crippen molar-refractivity contribution in [3.8, 4) is 17.2 Å². The first-order chi connectivity index (χ1) is 16.6. The molecule has 0 spiro atoms. The minimum atomic E-state index is -4.16. The maximum atomic E-state index is 13.5. The number of phenols is 1. The van der Waals surface area contributed by atoms with E-state index in [0.717, 1.165) is 12.1 Å². The van der Waals surface area contributed by atoms with Crippen LogP contribution in [0.2, 0.25) is 10.0 Å². The van der Waals surface area contributed by atoms with Crippen molar-refractivity contribution < 1.29 is 33.0 Å². The first-order valence-corrected chi connectivity index (χ1v) is 12.1. The third-order valence-corrected chi connectivity index (χ3v) is 7.33. The molecule has 8 nitrogen and oxygen atoms in total. The molecule has 0 aliphatic carbocycles. The summed E-state index contributed by atoms with van der Waals surface area (Å²) in [6, 6.07) is 17.9. The topological polar surface area (TPSA) is 130 Å². The zero-order chi connectivity index (χ0) is 25.3. The number of carbonyl (C=O) groups is 2. The van der Waals surface area contributed by atoms with Gasteiger partial charge in [0.05, 0.1) is 14.9 Å². The second-order valence-corrected chi connectivity index (χ2v) is 9.94. The Bertz CT molecular complexity index is 1570. The molecular weight excluding hydrogens is 517 g/mol. The summed E-state index contributed by atoms with van der Waals surface area (Å²) in [5.74, 6) is -3.52. The van der Waals surface area contributed by atoms with Gasteiger partial charge in [0.15, 0.2) is 5.75 Å². The van der Waals surface area contributed by atoms with E-state index in [0.29, 0.717) is 10.8 Å². The Balaban J connectivity index is 1.72. The predicted molar refractivity (Wildman–Crippen MR) is 130 cm³/mol. The van der Waals surface area contributed by atoms with E-state index in [1.807, 2.05) is 0 Å². The lowest BCUT2D eigenvalue weighted by molar-refractivity contribution is -0.147. The Morgan fingerprint density at radius 1 is 0.857 bits per heavy atom. The van der Waals surface area contributed by atoms with Crippen molar-refractivity contribution in [2.75, 3.05) is 5.32 Å². The van der Waals surface area contributed by atoms with Crippen LogP contribution in [0.25, 0.3) is 10.8 Å². The molecule has 35 heavy (non-hydrogen) atoms.